The second kappa shape index (κ2) is 30.0. The highest BCUT2D eigenvalue weighted by Gasteiger charge is 2.40. The lowest BCUT2D eigenvalue weighted by Crippen LogP contribution is -2.60. The predicted molar refractivity (Wildman–Crippen MR) is 268 cm³/mol. The second-order valence-corrected chi connectivity index (χ2v) is 19.8. The Morgan fingerprint density at radius 1 is 0.708 bits per heavy atom. The first kappa shape index (κ1) is 61.9. The number of hydrogen-bond acceptors (Lipinski definition) is 11. The minimum Gasteiger partial charge on any atom is -0.480 e. The van der Waals surface area contributed by atoms with Gasteiger partial charge in [0.05, 0.1) is 18.6 Å². The predicted octanol–water partition coefficient (Wildman–Crippen LogP) is 3.17. The van der Waals surface area contributed by atoms with Crippen LogP contribution < -0.4 is 21.3 Å². The summed E-state index contributed by atoms with van der Waals surface area (Å²) in [5.41, 5.74) is 0.803. The van der Waals surface area contributed by atoms with Crippen molar-refractivity contribution in [3.63, 3.8) is 0 Å². The van der Waals surface area contributed by atoms with Crippen molar-refractivity contribution >= 4 is 59.2 Å². The number of methoxy groups -OCH3 is 1. The van der Waals surface area contributed by atoms with E-state index in [0.717, 1.165) is 22.6 Å². The topological polar surface area (TPSA) is 278 Å². The normalized spacial score (nSPS) is 16.6. The van der Waals surface area contributed by atoms with E-state index in [-0.39, 0.29) is 68.2 Å². The van der Waals surface area contributed by atoms with Crippen LogP contribution in [-0.4, -0.2) is 155 Å². The molecule has 0 aliphatic carbocycles. The zero-order chi connectivity index (χ0) is 54.6. The fourth-order valence-corrected chi connectivity index (χ4v) is 8.87. The molecule has 0 saturated heterocycles. The van der Waals surface area contributed by atoms with E-state index in [1.54, 1.807) is 41.7 Å². The third-order valence-corrected chi connectivity index (χ3v) is 13.9. The maximum absolute atomic E-state index is 14.4. The largest absolute Gasteiger partial charge is 0.480 e. The molecule has 1 aromatic carbocycles. The van der Waals surface area contributed by atoms with Crippen LogP contribution >= 0.6 is 0 Å². The van der Waals surface area contributed by atoms with Gasteiger partial charge in [-0.3, -0.25) is 43.3 Å². The molecule has 0 saturated carbocycles. The van der Waals surface area contributed by atoms with Crippen LogP contribution in [0.3, 0.4) is 0 Å². The Balaban J connectivity index is 2.04. The van der Waals surface area contributed by atoms with Crippen LogP contribution in [0.1, 0.15) is 113 Å². The summed E-state index contributed by atoms with van der Waals surface area (Å²) in [7, 11) is 4.48. The van der Waals surface area contributed by atoms with Crippen LogP contribution in [0.4, 0.5) is 0 Å². The van der Waals surface area contributed by atoms with Gasteiger partial charge in [0.1, 0.15) is 24.2 Å². The molecule has 8 amide bonds. The average molecular weight is 1010 g/mol. The van der Waals surface area contributed by atoms with Crippen molar-refractivity contribution in [2.24, 2.45) is 35.5 Å². The SMILES string of the molecule is CC[C@H](C)[C@@H]([C@@H](CC(=O)NCCC[C@H](C)[C@H](C)[C@@H](C)C(=O)N[C@@H](Cc1ccccc1)C(=O)O)OC)N(C)C(=O)[C@@H](NC(=O)[C@H](C(C)C)N(C)C(=O)CC[C@@H](NC(=O)CCN1C(=O)C=CC1=O)C(=O)O)C(C)C. The average Bonchev–Trinajstić information content (AvgIpc) is 3.66. The molecule has 1 aromatic rings. The lowest BCUT2D eigenvalue weighted by molar-refractivity contribution is -0.147. The Kier molecular flexibility index (Phi) is 25.8. The number of carbonyl (C=O) groups excluding carboxylic acids is 8. The van der Waals surface area contributed by atoms with Crippen molar-refractivity contribution in [3.05, 3.63) is 48.0 Å². The minimum absolute atomic E-state index is 0.0637. The molecule has 0 spiro atoms. The molecule has 72 heavy (non-hydrogen) atoms. The second-order valence-electron chi connectivity index (χ2n) is 19.8. The summed E-state index contributed by atoms with van der Waals surface area (Å²) >= 11 is 0. The summed E-state index contributed by atoms with van der Waals surface area (Å²) in [6.07, 6.45) is 2.42. The number of amides is 8. The van der Waals surface area contributed by atoms with Crippen LogP contribution in [0.15, 0.2) is 42.5 Å². The Morgan fingerprint density at radius 3 is 1.83 bits per heavy atom. The van der Waals surface area contributed by atoms with E-state index >= 15 is 0 Å². The third kappa shape index (κ3) is 18.8. The van der Waals surface area contributed by atoms with Gasteiger partial charge in [-0.05, 0) is 54.4 Å². The number of carboxylic acids is 2. The molecule has 2 rings (SSSR count). The molecule has 0 radical (unpaired) electrons. The first-order valence-electron chi connectivity index (χ1n) is 25.0. The quantitative estimate of drug-likeness (QED) is 0.0448. The third-order valence-electron chi connectivity index (χ3n) is 13.9. The van der Waals surface area contributed by atoms with Crippen molar-refractivity contribution in [2.45, 2.75) is 150 Å². The number of aliphatic carboxylic acids is 2. The number of ether oxygens (including phenoxy) is 1. The molecule has 0 aromatic heterocycles. The number of carboxylic acid groups (broad SMARTS) is 2. The maximum atomic E-state index is 14.4. The van der Waals surface area contributed by atoms with Gasteiger partial charge < -0.3 is 46.0 Å². The minimum atomic E-state index is -1.47. The van der Waals surface area contributed by atoms with Crippen molar-refractivity contribution < 1.29 is 62.9 Å². The number of hydrogen-bond donors (Lipinski definition) is 6. The summed E-state index contributed by atoms with van der Waals surface area (Å²) in [5, 5.41) is 30.4. The molecule has 6 N–H and O–H groups in total. The summed E-state index contributed by atoms with van der Waals surface area (Å²) in [6, 6.07) is 3.85. The Hall–Kier alpha value is -6.18. The van der Waals surface area contributed by atoms with Gasteiger partial charge in [-0.15, -0.1) is 0 Å². The molecule has 402 valence electrons. The molecular weight excluding hydrogens is 931 g/mol. The van der Waals surface area contributed by atoms with E-state index in [9.17, 15) is 58.2 Å². The smallest absolute Gasteiger partial charge is 0.326 e. The first-order chi connectivity index (χ1) is 33.8. The van der Waals surface area contributed by atoms with Crippen molar-refractivity contribution in [2.75, 3.05) is 34.3 Å². The summed E-state index contributed by atoms with van der Waals surface area (Å²) in [6.45, 7) is 16.8. The first-order valence-corrected chi connectivity index (χ1v) is 25.0. The molecule has 1 aliphatic rings. The summed E-state index contributed by atoms with van der Waals surface area (Å²) in [5.74, 6) is -8.16. The van der Waals surface area contributed by atoms with E-state index in [4.69, 9.17) is 4.74 Å². The highest BCUT2D eigenvalue weighted by molar-refractivity contribution is 6.13. The molecule has 20 heteroatoms. The van der Waals surface area contributed by atoms with E-state index in [0.29, 0.717) is 25.8 Å². The van der Waals surface area contributed by atoms with Crippen molar-refractivity contribution in [3.8, 4) is 0 Å². The van der Waals surface area contributed by atoms with Gasteiger partial charge >= 0.3 is 11.9 Å². The van der Waals surface area contributed by atoms with Crippen LogP contribution in [0.25, 0.3) is 0 Å². The Labute approximate surface area is 424 Å². The van der Waals surface area contributed by atoms with Crippen LogP contribution in [-0.2, 0) is 59.1 Å². The highest BCUT2D eigenvalue weighted by atomic mass is 16.5. The zero-order valence-corrected chi connectivity index (χ0v) is 44.3. The highest BCUT2D eigenvalue weighted by Crippen LogP contribution is 2.26. The van der Waals surface area contributed by atoms with Gasteiger partial charge in [0.25, 0.3) is 11.8 Å². The molecule has 0 fully saturated rings. The van der Waals surface area contributed by atoms with Gasteiger partial charge in [0.15, 0.2) is 0 Å². The van der Waals surface area contributed by atoms with Gasteiger partial charge in [-0.1, -0.05) is 99.1 Å². The van der Waals surface area contributed by atoms with Gasteiger partial charge in [-0.2, -0.15) is 0 Å². The van der Waals surface area contributed by atoms with E-state index in [1.165, 1.54) is 24.0 Å². The van der Waals surface area contributed by atoms with Crippen LogP contribution in [0.2, 0.25) is 0 Å². The fourth-order valence-electron chi connectivity index (χ4n) is 8.87. The number of rotatable bonds is 32. The molecule has 1 heterocycles. The Bertz CT molecular complexity index is 2050. The van der Waals surface area contributed by atoms with E-state index in [2.05, 4.69) is 21.3 Å². The number of likely N-dealkylation sites (N-methyl/N-ethyl adjacent to an activating group) is 2. The zero-order valence-electron chi connectivity index (χ0n) is 44.3. The number of imide groups is 1. The number of nitrogens with zero attached hydrogens (tertiary/aromatic N) is 3. The van der Waals surface area contributed by atoms with Gasteiger partial charge in [0, 0.05) is 71.6 Å². The molecule has 1 aliphatic heterocycles. The van der Waals surface area contributed by atoms with Crippen LogP contribution in [0.5, 0.6) is 0 Å². The lowest BCUT2D eigenvalue weighted by Gasteiger charge is -2.40. The number of benzene rings is 1. The van der Waals surface area contributed by atoms with Crippen LogP contribution in [0, 0.1) is 35.5 Å². The molecule has 0 bridgehead atoms. The van der Waals surface area contributed by atoms with E-state index < -0.39 is 101 Å². The lowest BCUT2D eigenvalue weighted by atomic mass is 9.82. The molecule has 20 nitrogen and oxygen atoms in total. The fraction of sp³-hybridized carbons (Fsp3) is 0.654. The van der Waals surface area contributed by atoms with Crippen molar-refractivity contribution in [1.82, 2.24) is 36.0 Å². The maximum Gasteiger partial charge on any atom is 0.326 e. The van der Waals surface area contributed by atoms with Gasteiger partial charge in [-0.25, -0.2) is 9.59 Å². The standard InChI is InChI=1S/C52H81N7O13/c1-13-32(6)47(39(72-12)29-41(61)53-26-17-18-33(7)34(8)35(9)48(65)55-38(52(70)71)28-36-19-15-14-16-20-36)58(11)50(67)45(30(2)3)56-49(66)46(31(4)5)57(10)42(62)22-21-37(51(68)69)54-40(60)25-27-59-43(63)23-24-44(59)64/h14-16,19-20,23-24,30-35,37-39,45-47H,13,17-18,21-22,25-29H2,1-12H3,(H,53,61)(H,54,60)(H,55,65)(H,56,66)(H,68,69)(H,70,71)/t32-,33-,34-,35+,37+,38-,39+,45-,46-,47-/m0/s1. The monoisotopic (exact) mass is 1010 g/mol. The summed E-state index contributed by atoms with van der Waals surface area (Å²) < 4.78 is 5.89. The number of nitrogens with one attached hydrogen (secondary N) is 4. The molecule has 0 unspecified atom stereocenters. The Morgan fingerprint density at radius 2 is 1.31 bits per heavy atom. The summed E-state index contributed by atoms with van der Waals surface area (Å²) in [4.78, 5) is 132. The van der Waals surface area contributed by atoms with Crippen molar-refractivity contribution in [1.29, 1.82) is 0 Å². The van der Waals surface area contributed by atoms with Gasteiger partial charge in [0.2, 0.25) is 35.4 Å². The number of carbonyl (C=O) groups is 10. The van der Waals surface area contributed by atoms with E-state index in [1.807, 2.05) is 58.0 Å². The molecular formula is C52H81N7O13. The molecule has 10 atom stereocenters.